The summed E-state index contributed by atoms with van der Waals surface area (Å²) < 4.78 is 11.1. The van der Waals surface area contributed by atoms with Crippen molar-refractivity contribution in [1.82, 2.24) is 15.2 Å². The fourth-order valence-corrected chi connectivity index (χ4v) is 3.27. The summed E-state index contributed by atoms with van der Waals surface area (Å²) in [6, 6.07) is 6.58. The van der Waals surface area contributed by atoms with Gasteiger partial charge in [-0.05, 0) is 44.0 Å². The van der Waals surface area contributed by atoms with Crippen LogP contribution >= 0.6 is 11.3 Å². The SMILES string of the molecule is CC(=O)NC(C)C#Cc1cnc(Oc2ccc(OC(=O)N3CCCC3)cc2)s1. The van der Waals surface area contributed by atoms with Crippen LogP contribution in [-0.2, 0) is 4.79 Å². The van der Waals surface area contributed by atoms with Gasteiger partial charge in [-0.2, -0.15) is 0 Å². The second kappa shape index (κ2) is 9.24. The van der Waals surface area contributed by atoms with Gasteiger partial charge in [-0.3, -0.25) is 4.79 Å². The summed E-state index contributed by atoms with van der Waals surface area (Å²) in [5.74, 6) is 6.84. The number of likely N-dealkylation sites (tertiary alicyclic amines) is 1. The molecule has 1 N–H and O–H groups in total. The Bertz CT molecular complexity index is 892. The van der Waals surface area contributed by atoms with Crippen LogP contribution in [0.15, 0.2) is 30.5 Å². The van der Waals surface area contributed by atoms with Crippen LogP contribution in [0.2, 0.25) is 0 Å². The molecule has 1 fully saturated rings. The van der Waals surface area contributed by atoms with Crippen molar-refractivity contribution in [3.05, 3.63) is 35.3 Å². The second-order valence-corrected chi connectivity index (χ2v) is 7.31. The van der Waals surface area contributed by atoms with Crippen LogP contribution in [0.4, 0.5) is 4.79 Å². The molecule has 1 aromatic heterocycles. The first kappa shape index (κ1) is 19.7. The quantitative estimate of drug-likeness (QED) is 0.797. The molecule has 1 atom stereocenters. The maximum atomic E-state index is 12.0. The van der Waals surface area contributed by atoms with Crippen molar-refractivity contribution in [3.8, 4) is 28.5 Å². The third-order valence-corrected chi connectivity index (χ3v) is 4.71. The van der Waals surface area contributed by atoms with Gasteiger partial charge in [0.25, 0.3) is 5.19 Å². The first-order valence-corrected chi connectivity index (χ1v) is 9.80. The lowest BCUT2D eigenvalue weighted by Gasteiger charge is -2.14. The molecule has 2 aromatic rings. The van der Waals surface area contributed by atoms with Crippen LogP contribution in [0, 0.1) is 11.8 Å². The first-order chi connectivity index (χ1) is 13.5. The number of carbonyl (C=O) groups excluding carboxylic acids is 2. The molecular formula is C20H21N3O4S. The fraction of sp³-hybridized carbons (Fsp3) is 0.350. The van der Waals surface area contributed by atoms with E-state index in [1.54, 1.807) is 35.4 Å². The van der Waals surface area contributed by atoms with E-state index in [1.807, 2.05) is 6.92 Å². The van der Waals surface area contributed by atoms with Crippen LogP contribution in [0.1, 0.15) is 31.6 Å². The van der Waals surface area contributed by atoms with Gasteiger partial charge in [-0.25, -0.2) is 9.78 Å². The molecule has 8 heteroatoms. The van der Waals surface area contributed by atoms with E-state index in [2.05, 4.69) is 22.1 Å². The molecule has 0 saturated carbocycles. The third-order valence-electron chi connectivity index (χ3n) is 3.91. The molecule has 1 saturated heterocycles. The van der Waals surface area contributed by atoms with E-state index in [1.165, 1.54) is 18.3 Å². The van der Waals surface area contributed by atoms with Gasteiger partial charge in [0.1, 0.15) is 16.4 Å². The molecule has 0 radical (unpaired) electrons. The number of ether oxygens (including phenoxy) is 2. The maximum Gasteiger partial charge on any atom is 0.415 e. The van der Waals surface area contributed by atoms with Gasteiger partial charge in [0.05, 0.1) is 12.2 Å². The van der Waals surface area contributed by atoms with Crippen molar-refractivity contribution >= 4 is 23.3 Å². The molecule has 0 bridgehead atoms. The highest BCUT2D eigenvalue weighted by molar-refractivity contribution is 7.13. The normalized spacial score (nSPS) is 14.0. The number of benzene rings is 1. The standard InChI is InChI=1S/C20H21N3O4S/c1-14(22-15(2)24)5-10-18-13-21-19(28-18)26-16-6-8-17(9-7-16)27-20(25)23-11-3-4-12-23/h6-9,13-14H,3-4,11-12H2,1-2H3,(H,22,24). The lowest BCUT2D eigenvalue weighted by molar-refractivity contribution is -0.119. The number of aromatic nitrogens is 1. The van der Waals surface area contributed by atoms with Crippen molar-refractivity contribution in [2.75, 3.05) is 13.1 Å². The largest absolute Gasteiger partial charge is 0.431 e. The van der Waals surface area contributed by atoms with E-state index < -0.39 is 0 Å². The lowest BCUT2D eigenvalue weighted by Crippen LogP contribution is -2.30. The minimum Gasteiger partial charge on any atom is -0.431 e. The van der Waals surface area contributed by atoms with Crippen molar-refractivity contribution in [2.24, 2.45) is 0 Å². The van der Waals surface area contributed by atoms with Crippen molar-refractivity contribution < 1.29 is 19.1 Å². The van der Waals surface area contributed by atoms with Crippen LogP contribution < -0.4 is 14.8 Å². The molecule has 2 heterocycles. The van der Waals surface area contributed by atoms with Gasteiger partial charge in [0.2, 0.25) is 5.91 Å². The Labute approximate surface area is 167 Å². The molecular weight excluding hydrogens is 378 g/mol. The summed E-state index contributed by atoms with van der Waals surface area (Å²) in [6.07, 6.45) is 3.35. The molecule has 0 spiro atoms. The zero-order valence-corrected chi connectivity index (χ0v) is 16.5. The molecule has 146 valence electrons. The summed E-state index contributed by atoms with van der Waals surface area (Å²) in [4.78, 5) is 29.6. The van der Waals surface area contributed by atoms with E-state index in [-0.39, 0.29) is 18.0 Å². The number of carbonyl (C=O) groups is 2. The van der Waals surface area contributed by atoms with Gasteiger partial charge < -0.3 is 19.7 Å². The number of rotatable bonds is 4. The van der Waals surface area contributed by atoms with Gasteiger partial charge in [-0.15, -0.1) is 0 Å². The van der Waals surface area contributed by atoms with Gasteiger partial charge in [0.15, 0.2) is 0 Å². The van der Waals surface area contributed by atoms with Crippen LogP contribution in [0.25, 0.3) is 0 Å². The average Bonchev–Trinajstić information content (AvgIpc) is 3.33. The van der Waals surface area contributed by atoms with Crippen LogP contribution in [0.5, 0.6) is 16.7 Å². The van der Waals surface area contributed by atoms with Crippen molar-refractivity contribution in [2.45, 2.75) is 32.7 Å². The molecule has 1 unspecified atom stereocenters. The van der Waals surface area contributed by atoms with Crippen molar-refractivity contribution in [1.29, 1.82) is 0 Å². The summed E-state index contributed by atoms with van der Waals surface area (Å²) in [6.45, 7) is 4.76. The molecule has 3 rings (SSSR count). The number of nitrogens with zero attached hydrogens (tertiary/aromatic N) is 2. The highest BCUT2D eigenvalue weighted by Crippen LogP contribution is 2.27. The first-order valence-electron chi connectivity index (χ1n) is 8.99. The number of hydrogen-bond donors (Lipinski definition) is 1. The van der Waals surface area contributed by atoms with Gasteiger partial charge in [0, 0.05) is 20.0 Å². The monoisotopic (exact) mass is 399 g/mol. The Hall–Kier alpha value is -3.05. The Kier molecular flexibility index (Phi) is 6.50. The maximum absolute atomic E-state index is 12.0. The summed E-state index contributed by atoms with van der Waals surface area (Å²) in [7, 11) is 0. The second-order valence-electron chi connectivity index (χ2n) is 6.32. The summed E-state index contributed by atoms with van der Waals surface area (Å²) in [5, 5.41) is 3.15. The van der Waals surface area contributed by atoms with E-state index >= 15 is 0 Å². The molecule has 0 aliphatic carbocycles. The zero-order chi connectivity index (χ0) is 19.9. The molecule has 1 aliphatic heterocycles. The minimum absolute atomic E-state index is 0.121. The van der Waals surface area contributed by atoms with E-state index in [0.29, 0.717) is 16.7 Å². The molecule has 1 aromatic carbocycles. The lowest BCUT2D eigenvalue weighted by atomic mass is 10.3. The van der Waals surface area contributed by atoms with Crippen LogP contribution in [0.3, 0.4) is 0 Å². The summed E-state index contributed by atoms with van der Waals surface area (Å²) in [5.41, 5.74) is 0. The van der Waals surface area contributed by atoms with Crippen LogP contribution in [-0.4, -0.2) is 41.0 Å². The molecule has 28 heavy (non-hydrogen) atoms. The third kappa shape index (κ3) is 5.72. The van der Waals surface area contributed by atoms with E-state index in [4.69, 9.17) is 9.47 Å². The Morgan fingerprint density at radius 2 is 1.89 bits per heavy atom. The van der Waals surface area contributed by atoms with Gasteiger partial charge >= 0.3 is 6.09 Å². The number of hydrogen-bond acceptors (Lipinski definition) is 6. The Balaban J connectivity index is 1.54. The predicted molar refractivity (Wildman–Crippen MR) is 106 cm³/mol. The summed E-state index contributed by atoms with van der Waals surface area (Å²) >= 11 is 1.31. The fourth-order valence-electron chi connectivity index (χ4n) is 2.63. The zero-order valence-electron chi connectivity index (χ0n) is 15.7. The molecule has 2 amide bonds. The highest BCUT2D eigenvalue weighted by atomic mass is 32.1. The average molecular weight is 399 g/mol. The van der Waals surface area contributed by atoms with Crippen molar-refractivity contribution in [3.63, 3.8) is 0 Å². The van der Waals surface area contributed by atoms with E-state index in [0.717, 1.165) is 30.8 Å². The smallest absolute Gasteiger partial charge is 0.415 e. The Morgan fingerprint density at radius 3 is 2.57 bits per heavy atom. The number of nitrogens with one attached hydrogen (secondary N) is 1. The highest BCUT2D eigenvalue weighted by Gasteiger charge is 2.19. The van der Waals surface area contributed by atoms with E-state index in [9.17, 15) is 9.59 Å². The number of amides is 2. The topological polar surface area (TPSA) is 80.8 Å². The minimum atomic E-state index is -0.317. The van der Waals surface area contributed by atoms with Gasteiger partial charge in [-0.1, -0.05) is 23.2 Å². The Morgan fingerprint density at radius 1 is 1.21 bits per heavy atom. The predicted octanol–water partition coefficient (Wildman–Crippen LogP) is 3.41. The molecule has 7 nitrogen and oxygen atoms in total. The molecule has 1 aliphatic rings. The number of thiazole rings is 1.